The molecule has 0 radical (unpaired) electrons. The van der Waals surface area contributed by atoms with Crippen LogP contribution in [0.1, 0.15) is 72.7 Å². The number of benzene rings is 2. The quantitative estimate of drug-likeness (QED) is 0.435. The predicted octanol–water partition coefficient (Wildman–Crippen LogP) is 5.46. The maximum atomic E-state index is 11.5. The number of hydrogen-bond acceptors (Lipinski definition) is 4. The summed E-state index contributed by atoms with van der Waals surface area (Å²) < 4.78 is 11.4. The number of hydrogen-bond donors (Lipinski definition) is 1. The van der Waals surface area contributed by atoms with Gasteiger partial charge in [-0.15, -0.1) is 0 Å². The number of carbonyl (C=O) groups is 2. The molecule has 0 spiro atoms. The second-order valence-corrected chi connectivity index (χ2v) is 6.85. The van der Waals surface area contributed by atoms with E-state index in [1.165, 1.54) is 6.92 Å². The van der Waals surface area contributed by atoms with Crippen molar-refractivity contribution in [3.05, 3.63) is 64.7 Å². The Hall–Kier alpha value is -2.82. The molecule has 0 fully saturated rings. The summed E-state index contributed by atoms with van der Waals surface area (Å²) in [5.74, 6) is -0.586. The number of carboxylic acids is 1. The van der Waals surface area contributed by atoms with E-state index in [1.54, 1.807) is 19.1 Å². The molecule has 150 valence electrons. The summed E-state index contributed by atoms with van der Waals surface area (Å²) in [5, 5.41) is 9.25. The summed E-state index contributed by atoms with van der Waals surface area (Å²) in [6, 6.07) is 12.7. The van der Waals surface area contributed by atoms with Crippen molar-refractivity contribution in [1.82, 2.24) is 0 Å². The van der Waals surface area contributed by atoms with E-state index in [9.17, 15) is 14.7 Å². The molecule has 1 atom stereocenters. The van der Waals surface area contributed by atoms with Gasteiger partial charge in [0.1, 0.15) is 18.5 Å². The molecule has 0 aliphatic heterocycles. The van der Waals surface area contributed by atoms with Crippen LogP contribution in [0.15, 0.2) is 42.5 Å². The zero-order chi connectivity index (χ0) is 20.5. The van der Waals surface area contributed by atoms with Gasteiger partial charge < -0.3 is 14.6 Å². The number of ether oxygens (including phenoxy) is 2. The maximum Gasteiger partial charge on any atom is 0.335 e. The molecule has 28 heavy (non-hydrogen) atoms. The highest BCUT2D eigenvalue weighted by Gasteiger charge is 2.16. The minimum atomic E-state index is -0.947. The number of aromatic carboxylic acids is 1. The van der Waals surface area contributed by atoms with E-state index in [1.807, 2.05) is 30.3 Å². The molecule has 2 rings (SSSR count). The Morgan fingerprint density at radius 2 is 1.86 bits per heavy atom. The van der Waals surface area contributed by atoms with Gasteiger partial charge in [0.25, 0.3) is 0 Å². The van der Waals surface area contributed by atoms with Gasteiger partial charge in [0.2, 0.25) is 0 Å². The van der Waals surface area contributed by atoms with Crippen molar-refractivity contribution in [3.8, 4) is 5.75 Å². The molecule has 0 heterocycles. The number of esters is 1. The highest BCUT2D eigenvalue weighted by atomic mass is 16.5. The molecule has 2 aromatic rings. The van der Waals surface area contributed by atoms with E-state index < -0.39 is 5.97 Å². The van der Waals surface area contributed by atoms with Crippen LogP contribution in [0, 0.1) is 6.92 Å². The topological polar surface area (TPSA) is 72.8 Å². The fourth-order valence-electron chi connectivity index (χ4n) is 3.11. The minimum absolute atomic E-state index is 0.268. The summed E-state index contributed by atoms with van der Waals surface area (Å²) >= 11 is 0. The molecule has 5 nitrogen and oxygen atoms in total. The maximum absolute atomic E-state index is 11.5. The molecular formula is C23H28O5. The van der Waals surface area contributed by atoms with Gasteiger partial charge in [0.05, 0.1) is 5.56 Å². The Balaban J connectivity index is 2.12. The number of carboxylic acid groups (broad SMARTS) is 1. The third-order valence-electron chi connectivity index (χ3n) is 4.68. The van der Waals surface area contributed by atoms with Crippen LogP contribution in [-0.4, -0.2) is 17.0 Å². The first-order valence-electron chi connectivity index (χ1n) is 9.64. The Kier molecular flexibility index (Phi) is 8.05. The third kappa shape index (κ3) is 6.12. The van der Waals surface area contributed by atoms with E-state index in [2.05, 4.69) is 6.92 Å². The van der Waals surface area contributed by atoms with Crippen molar-refractivity contribution in [2.45, 2.75) is 59.2 Å². The summed E-state index contributed by atoms with van der Waals surface area (Å²) in [5.41, 5.74) is 2.70. The van der Waals surface area contributed by atoms with Crippen LogP contribution in [0.5, 0.6) is 5.75 Å². The predicted molar refractivity (Wildman–Crippen MR) is 108 cm³/mol. The molecule has 1 unspecified atom stereocenters. The van der Waals surface area contributed by atoms with E-state index in [0.29, 0.717) is 11.3 Å². The largest absolute Gasteiger partial charge is 0.489 e. The van der Waals surface area contributed by atoms with Crippen molar-refractivity contribution in [3.63, 3.8) is 0 Å². The molecule has 2 aromatic carbocycles. The van der Waals surface area contributed by atoms with Gasteiger partial charge in [-0.1, -0.05) is 44.0 Å². The molecule has 0 saturated carbocycles. The second-order valence-electron chi connectivity index (χ2n) is 6.85. The Morgan fingerprint density at radius 1 is 1.11 bits per heavy atom. The van der Waals surface area contributed by atoms with E-state index in [4.69, 9.17) is 9.47 Å². The van der Waals surface area contributed by atoms with Crippen molar-refractivity contribution >= 4 is 11.9 Å². The van der Waals surface area contributed by atoms with E-state index in [0.717, 1.165) is 36.8 Å². The van der Waals surface area contributed by atoms with Gasteiger partial charge in [0.15, 0.2) is 0 Å². The lowest BCUT2D eigenvalue weighted by molar-refractivity contribution is -0.147. The zero-order valence-corrected chi connectivity index (χ0v) is 16.7. The summed E-state index contributed by atoms with van der Waals surface area (Å²) in [6.45, 7) is 5.61. The van der Waals surface area contributed by atoms with Crippen molar-refractivity contribution in [2.24, 2.45) is 0 Å². The zero-order valence-electron chi connectivity index (χ0n) is 16.7. The fraction of sp³-hybridized carbons (Fsp3) is 0.391. The Labute approximate surface area is 166 Å². The van der Waals surface area contributed by atoms with Gasteiger partial charge >= 0.3 is 11.9 Å². The molecule has 0 saturated heterocycles. The van der Waals surface area contributed by atoms with Gasteiger partial charge in [-0.2, -0.15) is 0 Å². The van der Waals surface area contributed by atoms with Crippen LogP contribution in [-0.2, 0) is 16.1 Å². The van der Waals surface area contributed by atoms with E-state index in [-0.39, 0.29) is 24.2 Å². The molecule has 0 aliphatic rings. The van der Waals surface area contributed by atoms with Gasteiger partial charge in [-0.25, -0.2) is 4.79 Å². The number of unbranched alkanes of at least 4 members (excludes halogenated alkanes) is 2. The van der Waals surface area contributed by atoms with Crippen LogP contribution in [0.2, 0.25) is 0 Å². The smallest absolute Gasteiger partial charge is 0.335 e. The fourth-order valence-corrected chi connectivity index (χ4v) is 3.11. The first-order valence-corrected chi connectivity index (χ1v) is 9.64. The minimum Gasteiger partial charge on any atom is -0.489 e. The second kappa shape index (κ2) is 10.5. The van der Waals surface area contributed by atoms with Crippen molar-refractivity contribution in [2.75, 3.05) is 0 Å². The van der Waals surface area contributed by atoms with Crippen LogP contribution in [0.3, 0.4) is 0 Å². The van der Waals surface area contributed by atoms with Crippen LogP contribution < -0.4 is 4.74 Å². The van der Waals surface area contributed by atoms with Gasteiger partial charge in [-0.05, 0) is 54.7 Å². The molecule has 1 N–H and O–H groups in total. The van der Waals surface area contributed by atoms with Crippen LogP contribution in [0.25, 0.3) is 0 Å². The lowest BCUT2D eigenvalue weighted by Gasteiger charge is -2.18. The summed E-state index contributed by atoms with van der Waals surface area (Å²) in [4.78, 5) is 22.8. The SMILES string of the molecule is CCCCCC(OC(C)=O)c1cccc(OCc2cccc(C(=O)O)c2C)c1. The Morgan fingerprint density at radius 3 is 2.54 bits per heavy atom. The standard InChI is InChI=1S/C23H28O5/c1-4-5-6-13-22(28-17(3)24)18-9-7-11-20(14-18)27-15-19-10-8-12-21(16(19)2)23(25)26/h7-12,14,22H,4-6,13,15H2,1-3H3,(H,25,26). The molecule has 0 bridgehead atoms. The van der Waals surface area contributed by atoms with Gasteiger partial charge in [0, 0.05) is 6.92 Å². The van der Waals surface area contributed by atoms with Gasteiger partial charge in [-0.3, -0.25) is 4.79 Å². The molecule has 0 aromatic heterocycles. The highest BCUT2D eigenvalue weighted by Crippen LogP contribution is 2.28. The number of rotatable bonds is 10. The number of carbonyl (C=O) groups excluding carboxylic acids is 1. The molecular weight excluding hydrogens is 356 g/mol. The average molecular weight is 384 g/mol. The lowest BCUT2D eigenvalue weighted by Crippen LogP contribution is -2.09. The summed E-state index contributed by atoms with van der Waals surface area (Å²) in [6.07, 6.45) is 3.67. The van der Waals surface area contributed by atoms with Crippen LogP contribution in [0.4, 0.5) is 0 Å². The average Bonchev–Trinajstić information content (AvgIpc) is 2.66. The summed E-state index contributed by atoms with van der Waals surface area (Å²) in [7, 11) is 0. The van der Waals surface area contributed by atoms with Crippen molar-refractivity contribution < 1.29 is 24.2 Å². The molecule has 5 heteroatoms. The van der Waals surface area contributed by atoms with Crippen molar-refractivity contribution in [1.29, 1.82) is 0 Å². The first kappa shape index (κ1) is 21.5. The highest BCUT2D eigenvalue weighted by molar-refractivity contribution is 5.89. The normalized spacial score (nSPS) is 11.7. The monoisotopic (exact) mass is 384 g/mol. The lowest BCUT2D eigenvalue weighted by atomic mass is 10.0. The first-order chi connectivity index (χ1) is 13.4. The van der Waals surface area contributed by atoms with E-state index >= 15 is 0 Å². The molecule has 0 amide bonds. The van der Waals surface area contributed by atoms with Crippen LogP contribution >= 0.6 is 0 Å². The molecule has 0 aliphatic carbocycles. The Bertz CT molecular complexity index is 812. The third-order valence-corrected chi connectivity index (χ3v) is 4.68.